The van der Waals surface area contributed by atoms with Crippen molar-refractivity contribution in [3.8, 4) is 0 Å². The largest absolute Gasteiger partial charge is 0.288 e. The van der Waals surface area contributed by atoms with Gasteiger partial charge in [-0.3, -0.25) is 10.1 Å². The van der Waals surface area contributed by atoms with Crippen LogP contribution in [0.3, 0.4) is 0 Å². The molecule has 2 aromatic rings. The van der Waals surface area contributed by atoms with Gasteiger partial charge in [0.2, 0.25) is 5.95 Å². The van der Waals surface area contributed by atoms with E-state index < -0.39 is 4.92 Å². The van der Waals surface area contributed by atoms with Crippen molar-refractivity contribution in [2.24, 2.45) is 4.99 Å². The Bertz CT molecular complexity index is 567. The Morgan fingerprint density at radius 3 is 3.00 bits per heavy atom. The molecule has 17 heavy (non-hydrogen) atoms. The van der Waals surface area contributed by atoms with Gasteiger partial charge in [-0.2, -0.15) is 10.1 Å². The quantitative estimate of drug-likeness (QED) is 0.513. The van der Waals surface area contributed by atoms with Crippen molar-refractivity contribution in [1.29, 1.82) is 0 Å². The number of aliphatic imine (C=N–C) groups is 1. The Labute approximate surface area is 100 Å². The van der Waals surface area contributed by atoms with Gasteiger partial charge in [0.1, 0.15) is 11.3 Å². The zero-order valence-corrected chi connectivity index (χ0v) is 9.13. The van der Waals surface area contributed by atoms with Crippen LogP contribution in [0.5, 0.6) is 0 Å². The molecule has 0 spiro atoms. The van der Waals surface area contributed by atoms with E-state index in [4.69, 9.17) is 11.6 Å². The number of rotatable bonds is 3. The highest BCUT2D eigenvalue weighted by molar-refractivity contribution is 6.32. The van der Waals surface area contributed by atoms with Crippen molar-refractivity contribution in [1.82, 2.24) is 15.2 Å². The minimum absolute atomic E-state index is 0.0896. The summed E-state index contributed by atoms with van der Waals surface area (Å²) in [6.07, 6.45) is 2.75. The third-order valence-corrected chi connectivity index (χ3v) is 2.22. The van der Waals surface area contributed by atoms with E-state index in [-0.39, 0.29) is 10.7 Å². The molecular weight excluding hydrogens is 246 g/mol. The number of H-pyrrole nitrogens is 1. The molecule has 0 radical (unpaired) electrons. The van der Waals surface area contributed by atoms with Crippen LogP contribution in [0, 0.1) is 10.1 Å². The van der Waals surface area contributed by atoms with Gasteiger partial charge in [0.25, 0.3) is 5.69 Å². The van der Waals surface area contributed by atoms with Crippen molar-refractivity contribution in [3.05, 3.63) is 45.2 Å². The maximum Gasteiger partial charge on any atom is 0.288 e. The van der Waals surface area contributed by atoms with E-state index in [9.17, 15) is 10.1 Å². The van der Waals surface area contributed by atoms with E-state index in [1.165, 1.54) is 24.7 Å². The predicted molar refractivity (Wildman–Crippen MR) is 61.7 cm³/mol. The van der Waals surface area contributed by atoms with Crippen LogP contribution >= 0.6 is 11.6 Å². The first-order valence-electron chi connectivity index (χ1n) is 4.50. The number of nitro groups is 1. The molecule has 0 aliphatic carbocycles. The van der Waals surface area contributed by atoms with Crippen LogP contribution in [0.2, 0.25) is 5.02 Å². The van der Waals surface area contributed by atoms with Gasteiger partial charge >= 0.3 is 0 Å². The molecule has 8 heteroatoms. The minimum atomic E-state index is -0.547. The van der Waals surface area contributed by atoms with E-state index in [1.54, 1.807) is 6.07 Å². The van der Waals surface area contributed by atoms with Crippen LogP contribution < -0.4 is 0 Å². The lowest BCUT2D eigenvalue weighted by molar-refractivity contribution is -0.384. The van der Waals surface area contributed by atoms with Gasteiger partial charge in [0, 0.05) is 12.3 Å². The van der Waals surface area contributed by atoms with Crippen LogP contribution in [0.15, 0.2) is 29.5 Å². The molecule has 1 heterocycles. The maximum absolute atomic E-state index is 10.7. The SMILES string of the molecule is O=[N+]([O-])c1cc(C=Nc2ncn[nH]2)ccc1Cl. The lowest BCUT2D eigenvalue weighted by atomic mass is 10.2. The summed E-state index contributed by atoms with van der Waals surface area (Å²) in [7, 11) is 0. The Morgan fingerprint density at radius 2 is 2.35 bits per heavy atom. The summed E-state index contributed by atoms with van der Waals surface area (Å²) in [5.74, 6) is 0.322. The van der Waals surface area contributed by atoms with Crippen molar-refractivity contribution in [2.45, 2.75) is 0 Å². The average molecular weight is 252 g/mol. The fourth-order valence-corrected chi connectivity index (χ4v) is 1.33. The second kappa shape index (κ2) is 4.71. The first kappa shape index (κ1) is 11.2. The average Bonchev–Trinajstić information content (AvgIpc) is 2.80. The molecule has 1 aromatic heterocycles. The number of aromatic nitrogens is 3. The molecule has 0 unspecified atom stereocenters. The van der Waals surface area contributed by atoms with Crippen molar-refractivity contribution < 1.29 is 4.92 Å². The van der Waals surface area contributed by atoms with Crippen molar-refractivity contribution >= 4 is 29.5 Å². The van der Waals surface area contributed by atoms with Gasteiger partial charge in [-0.1, -0.05) is 17.7 Å². The topological polar surface area (TPSA) is 97.1 Å². The standard InChI is InChI=1S/C9H6ClN5O2/c10-7-2-1-6(3-8(7)15(16)17)4-11-9-12-5-13-14-9/h1-5H,(H,12,13,14). The third kappa shape index (κ3) is 2.64. The monoisotopic (exact) mass is 251 g/mol. The lowest BCUT2D eigenvalue weighted by Crippen LogP contribution is -1.91. The molecule has 0 saturated carbocycles. The van der Waals surface area contributed by atoms with Crippen LogP contribution in [0.4, 0.5) is 11.6 Å². The summed E-state index contributed by atoms with van der Waals surface area (Å²) in [5.41, 5.74) is 0.394. The van der Waals surface area contributed by atoms with Crippen molar-refractivity contribution in [2.75, 3.05) is 0 Å². The molecular formula is C9H6ClN5O2. The summed E-state index contributed by atoms with van der Waals surface area (Å²) in [4.78, 5) is 17.8. The van der Waals surface area contributed by atoms with E-state index in [0.29, 0.717) is 11.5 Å². The molecule has 0 fully saturated rings. The van der Waals surface area contributed by atoms with E-state index in [2.05, 4.69) is 20.2 Å². The number of halogens is 1. The number of nitrogens with one attached hydrogen (secondary N) is 1. The van der Waals surface area contributed by atoms with Gasteiger partial charge in [-0.15, -0.1) is 0 Å². The normalized spacial score (nSPS) is 10.9. The van der Waals surface area contributed by atoms with Gasteiger partial charge in [-0.05, 0) is 11.6 Å². The Morgan fingerprint density at radius 1 is 1.53 bits per heavy atom. The van der Waals surface area contributed by atoms with Gasteiger partial charge in [0.15, 0.2) is 0 Å². The maximum atomic E-state index is 10.7. The first-order valence-corrected chi connectivity index (χ1v) is 4.88. The van der Waals surface area contributed by atoms with Gasteiger partial charge in [0.05, 0.1) is 4.92 Å². The minimum Gasteiger partial charge on any atom is -0.258 e. The second-order valence-corrected chi connectivity index (χ2v) is 3.44. The second-order valence-electron chi connectivity index (χ2n) is 3.04. The summed E-state index contributed by atoms with van der Waals surface area (Å²) < 4.78 is 0. The first-order chi connectivity index (χ1) is 8.16. The Kier molecular flexibility index (Phi) is 3.10. The molecule has 0 saturated heterocycles. The molecule has 1 N–H and O–H groups in total. The zero-order valence-electron chi connectivity index (χ0n) is 8.37. The number of aromatic amines is 1. The summed E-state index contributed by atoms with van der Waals surface area (Å²) in [5, 5.41) is 16.9. The summed E-state index contributed by atoms with van der Waals surface area (Å²) >= 11 is 5.68. The Hall–Kier alpha value is -2.28. The summed E-state index contributed by atoms with van der Waals surface area (Å²) in [6, 6.07) is 4.40. The van der Waals surface area contributed by atoms with Crippen LogP contribution in [0.1, 0.15) is 5.56 Å². The highest BCUT2D eigenvalue weighted by Gasteiger charge is 2.11. The Balaban J connectivity index is 2.28. The van der Waals surface area contributed by atoms with Crippen LogP contribution in [0.25, 0.3) is 0 Å². The van der Waals surface area contributed by atoms with Gasteiger partial charge < -0.3 is 0 Å². The molecule has 86 valence electrons. The smallest absolute Gasteiger partial charge is 0.258 e. The molecule has 7 nitrogen and oxygen atoms in total. The molecule has 0 bridgehead atoms. The van der Waals surface area contributed by atoms with Gasteiger partial charge in [-0.25, -0.2) is 10.1 Å². The molecule has 1 aromatic carbocycles. The van der Waals surface area contributed by atoms with Crippen LogP contribution in [-0.4, -0.2) is 26.3 Å². The summed E-state index contributed by atoms with van der Waals surface area (Å²) in [6.45, 7) is 0. The molecule has 0 amide bonds. The highest BCUT2D eigenvalue weighted by Crippen LogP contribution is 2.24. The number of nitro benzene ring substituents is 1. The van der Waals surface area contributed by atoms with E-state index in [0.717, 1.165) is 0 Å². The third-order valence-electron chi connectivity index (χ3n) is 1.91. The molecule has 0 aliphatic rings. The fourth-order valence-electron chi connectivity index (χ4n) is 1.15. The van der Waals surface area contributed by atoms with Crippen LogP contribution in [-0.2, 0) is 0 Å². The molecule has 0 aliphatic heterocycles. The predicted octanol–water partition coefficient (Wildman–Crippen LogP) is 2.12. The fraction of sp³-hybridized carbons (Fsp3) is 0. The van der Waals surface area contributed by atoms with Crippen molar-refractivity contribution in [3.63, 3.8) is 0 Å². The zero-order chi connectivity index (χ0) is 12.3. The molecule has 2 rings (SSSR count). The lowest BCUT2D eigenvalue weighted by Gasteiger charge is -1.96. The number of hydrogen-bond acceptors (Lipinski definition) is 5. The number of benzene rings is 1. The van der Waals surface area contributed by atoms with E-state index >= 15 is 0 Å². The number of nitrogens with zero attached hydrogens (tertiary/aromatic N) is 4. The van der Waals surface area contributed by atoms with E-state index in [1.807, 2.05) is 0 Å². The number of hydrogen-bond donors (Lipinski definition) is 1. The highest BCUT2D eigenvalue weighted by atomic mass is 35.5. The molecule has 0 atom stereocenters.